The van der Waals surface area contributed by atoms with Crippen LogP contribution in [0.1, 0.15) is 29.9 Å². The van der Waals surface area contributed by atoms with Gasteiger partial charge >= 0.3 is 5.97 Å². The Labute approximate surface area is 116 Å². The molecular formula is C16H16O4. The van der Waals surface area contributed by atoms with Gasteiger partial charge in [-0.15, -0.1) is 0 Å². The molecule has 0 aromatic heterocycles. The number of hydrogen-bond donors (Lipinski definition) is 3. The molecule has 4 heteroatoms. The largest absolute Gasteiger partial charge is 0.508 e. The lowest BCUT2D eigenvalue weighted by Gasteiger charge is -2.17. The van der Waals surface area contributed by atoms with Gasteiger partial charge < -0.3 is 15.3 Å². The molecular weight excluding hydrogens is 256 g/mol. The van der Waals surface area contributed by atoms with Crippen molar-refractivity contribution in [3.63, 3.8) is 0 Å². The molecule has 3 N–H and O–H groups in total. The first kappa shape index (κ1) is 13.9. The number of phenols is 2. The van der Waals surface area contributed by atoms with Gasteiger partial charge in [0.2, 0.25) is 0 Å². The molecule has 0 aliphatic rings. The zero-order valence-corrected chi connectivity index (χ0v) is 10.9. The molecule has 0 aliphatic heterocycles. The number of carbonyl (C=O) groups is 1. The van der Waals surface area contributed by atoms with Gasteiger partial charge in [-0.3, -0.25) is 4.79 Å². The molecule has 0 saturated heterocycles. The van der Waals surface area contributed by atoms with Crippen LogP contribution in [0, 0.1) is 0 Å². The Morgan fingerprint density at radius 3 is 1.85 bits per heavy atom. The third-order valence-electron chi connectivity index (χ3n) is 3.19. The Morgan fingerprint density at radius 2 is 1.45 bits per heavy atom. The fourth-order valence-corrected chi connectivity index (χ4v) is 2.28. The summed E-state index contributed by atoms with van der Waals surface area (Å²) >= 11 is 0. The minimum Gasteiger partial charge on any atom is -0.508 e. The highest BCUT2D eigenvalue weighted by atomic mass is 16.4. The second-order valence-corrected chi connectivity index (χ2v) is 4.67. The maximum atomic E-state index is 10.8. The van der Waals surface area contributed by atoms with Gasteiger partial charge in [0.25, 0.3) is 0 Å². The number of carboxylic acid groups (broad SMARTS) is 1. The predicted molar refractivity (Wildman–Crippen MR) is 74.9 cm³/mol. The van der Waals surface area contributed by atoms with Gasteiger partial charge in [0.1, 0.15) is 11.5 Å². The highest BCUT2D eigenvalue weighted by Gasteiger charge is 2.16. The summed E-state index contributed by atoms with van der Waals surface area (Å²) < 4.78 is 0. The monoisotopic (exact) mass is 272 g/mol. The number of aromatic hydroxyl groups is 2. The van der Waals surface area contributed by atoms with Crippen molar-refractivity contribution in [2.45, 2.75) is 18.8 Å². The van der Waals surface area contributed by atoms with Crippen molar-refractivity contribution in [3.8, 4) is 11.5 Å². The van der Waals surface area contributed by atoms with Crippen LogP contribution in [0.15, 0.2) is 48.5 Å². The summed E-state index contributed by atoms with van der Waals surface area (Å²) in [6, 6.07) is 13.5. The smallest absolute Gasteiger partial charge is 0.303 e. The lowest BCUT2D eigenvalue weighted by molar-refractivity contribution is -0.137. The van der Waals surface area contributed by atoms with Gasteiger partial charge in [0, 0.05) is 12.3 Å². The van der Waals surface area contributed by atoms with E-state index in [4.69, 9.17) is 5.11 Å². The summed E-state index contributed by atoms with van der Waals surface area (Å²) in [7, 11) is 0. The van der Waals surface area contributed by atoms with Gasteiger partial charge in [0.05, 0.1) is 0 Å². The summed E-state index contributed by atoms with van der Waals surface area (Å²) in [5.74, 6) is -0.758. The van der Waals surface area contributed by atoms with Crippen molar-refractivity contribution in [1.82, 2.24) is 0 Å². The van der Waals surface area contributed by atoms with E-state index in [1.165, 1.54) is 0 Å². The summed E-state index contributed by atoms with van der Waals surface area (Å²) in [6.45, 7) is 0. The lowest BCUT2D eigenvalue weighted by Crippen LogP contribution is -2.05. The van der Waals surface area contributed by atoms with Crippen molar-refractivity contribution in [2.24, 2.45) is 0 Å². The molecule has 0 amide bonds. The number of benzene rings is 2. The first-order valence-electron chi connectivity index (χ1n) is 6.36. The van der Waals surface area contributed by atoms with Crippen molar-refractivity contribution >= 4 is 5.97 Å². The van der Waals surface area contributed by atoms with Crippen LogP contribution in [0.3, 0.4) is 0 Å². The van der Waals surface area contributed by atoms with Gasteiger partial charge in [-0.1, -0.05) is 24.3 Å². The van der Waals surface area contributed by atoms with Crippen LogP contribution in [0.2, 0.25) is 0 Å². The average Bonchev–Trinajstić information content (AvgIpc) is 2.39. The molecule has 2 aromatic rings. The Bertz CT molecular complexity index is 561. The molecule has 0 atom stereocenters. The SMILES string of the molecule is O=C(O)CCC(c1cccc(O)c1)c1cccc(O)c1. The fraction of sp³-hybridized carbons (Fsp3) is 0.188. The predicted octanol–water partition coefficient (Wildman–Crippen LogP) is 3.09. The minimum atomic E-state index is -0.865. The number of rotatable bonds is 5. The van der Waals surface area contributed by atoms with E-state index >= 15 is 0 Å². The molecule has 0 heterocycles. The molecule has 104 valence electrons. The van der Waals surface area contributed by atoms with E-state index in [-0.39, 0.29) is 23.8 Å². The van der Waals surface area contributed by atoms with E-state index in [0.29, 0.717) is 6.42 Å². The van der Waals surface area contributed by atoms with Crippen LogP contribution in [-0.4, -0.2) is 21.3 Å². The van der Waals surface area contributed by atoms with E-state index in [1.807, 2.05) is 12.1 Å². The lowest BCUT2D eigenvalue weighted by atomic mass is 9.87. The molecule has 0 bridgehead atoms. The number of carboxylic acids is 1. The molecule has 4 nitrogen and oxygen atoms in total. The van der Waals surface area contributed by atoms with E-state index in [2.05, 4.69) is 0 Å². The quantitative estimate of drug-likeness (QED) is 0.781. The maximum absolute atomic E-state index is 10.8. The molecule has 0 unspecified atom stereocenters. The van der Waals surface area contributed by atoms with Crippen LogP contribution >= 0.6 is 0 Å². The number of hydrogen-bond acceptors (Lipinski definition) is 3. The highest BCUT2D eigenvalue weighted by Crippen LogP contribution is 2.32. The molecule has 0 radical (unpaired) electrons. The van der Waals surface area contributed by atoms with Crippen molar-refractivity contribution in [1.29, 1.82) is 0 Å². The highest BCUT2D eigenvalue weighted by molar-refractivity contribution is 5.67. The summed E-state index contributed by atoms with van der Waals surface area (Å²) in [5.41, 5.74) is 1.66. The number of phenolic OH excluding ortho intramolecular Hbond substituents is 2. The minimum absolute atomic E-state index is 0.0238. The molecule has 0 spiro atoms. The summed E-state index contributed by atoms with van der Waals surface area (Å²) in [4.78, 5) is 10.8. The van der Waals surface area contributed by atoms with Crippen LogP contribution in [0.25, 0.3) is 0 Å². The standard InChI is InChI=1S/C16H16O4/c17-13-5-1-3-11(9-13)15(7-8-16(19)20)12-4-2-6-14(18)10-12/h1-6,9-10,15,17-18H,7-8H2,(H,19,20). The van der Waals surface area contributed by atoms with Crippen molar-refractivity contribution in [2.75, 3.05) is 0 Å². The Hall–Kier alpha value is -2.49. The van der Waals surface area contributed by atoms with E-state index in [1.54, 1.807) is 36.4 Å². The number of aliphatic carboxylic acids is 1. The van der Waals surface area contributed by atoms with E-state index in [0.717, 1.165) is 11.1 Å². The van der Waals surface area contributed by atoms with E-state index in [9.17, 15) is 15.0 Å². The molecule has 20 heavy (non-hydrogen) atoms. The van der Waals surface area contributed by atoms with Crippen LogP contribution in [-0.2, 0) is 4.79 Å². The maximum Gasteiger partial charge on any atom is 0.303 e. The first-order valence-corrected chi connectivity index (χ1v) is 6.36. The topological polar surface area (TPSA) is 77.8 Å². The van der Waals surface area contributed by atoms with Crippen LogP contribution in [0.5, 0.6) is 11.5 Å². The third kappa shape index (κ3) is 3.51. The molecule has 0 saturated carbocycles. The molecule has 2 rings (SSSR count). The van der Waals surface area contributed by atoms with Gasteiger partial charge in [-0.25, -0.2) is 0 Å². The summed E-state index contributed by atoms with van der Waals surface area (Å²) in [6.07, 6.45) is 0.429. The second-order valence-electron chi connectivity index (χ2n) is 4.67. The Balaban J connectivity index is 2.36. The molecule has 0 fully saturated rings. The average molecular weight is 272 g/mol. The second kappa shape index (κ2) is 6.10. The van der Waals surface area contributed by atoms with Gasteiger partial charge in [0.15, 0.2) is 0 Å². The zero-order valence-electron chi connectivity index (χ0n) is 10.9. The normalized spacial score (nSPS) is 10.7. The first-order chi connectivity index (χ1) is 9.56. The van der Waals surface area contributed by atoms with Crippen molar-refractivity contribution < 1.29 is 20.1 Å². The fourth-order valence-electron chi connectivity index (χ4n) is 2.28. The Kier molecular flexibility index (Phi) is 4.25. The van der Waals surface area contributed by atoms with Crippen LogP contribution < -0.4 is 0 Å². The van der Waals surface area contributed by atoms with Crippen molar-refractivity contribution in [3.05, 3.63) is 59.7 Å². The summed E-state index contributed by atoms with van der Waals surface area (Å²) in [5, 5.41) is 28.0. The van der Waals surface area contributed by atoms with Crippen LogP contribution in [0.4, 0.5) is 0 Å². The Morgan fingerprint density at radius 1 is 0.950 bits per heavy atom. The third-order valence-corrected chi connectivity index (χ3v) is 3.19. The molecule has 0 aliphatic carbocycles. The molecule has 2 aromatic carbocycles. The zero-order chi connectivity index (χ0) is 14.5. The van der Waals surface area contributed by atoms with Gasteiger partial charge in [-0.2, -0.15) is 0 Å². The van der Waals surface area contributed by atoms with Gasteiger partial charge in [-0.05, 0) is 41.8 Å². The van der Waals surface area contributed by atoms with E-state index < -0.39 is 5.97 Å².